The number of carbonyl (C=O) groups is 1. The van der Waals surface area contributed by atoms with E-state index in [1.807, 2.05) is 38.1 Å². The van der Waals surface area contributed by atoms with E-state index >= 15 is 0 Å². The van der Waals surface area contributed by atoms with Crippen LogP contribution in [0, 0.1) is 5.92 Å². The summed E-state index contributed by atoms with van der Waals surface area (Å²) in [6.07, 6.45) is 3.55. The summed E-state index contributed by atoms with van der Waals surface area (Å²) in [5.41, 5.74) is 1.01. The fraction of sp³-hybridized carbons (Fsp3) is 0.571. The minimum absolute atomic E-state index is 0.00250. The Morgan fingerprint density at radius 2 is 2.26 bits per heavy atom. The van der Waals surface area contributed by atoms with Gasteiger partial charge in [0.15, 0.2) is 0 Å². The van der Waals surface area contributed by atoms with Crippen molar-refractivity contribution in [3.8, 4) is 0 Å². The average Bonchev–Trinajstić information content (AvgIpc) is 2.39. The van der Waals surface area contributed by atoms with Gasteiger partial charge >= 0.3 is 0 Å². The number of pyridine rings is 1. The summed E-state index contributed by atoms with van der Waals surface area (Å²) in [7, 11) is 3.91. The van der Waals surface area contributed by atoms with Crippen LogP contribution in [-0.4, -0.2) is 37.7 Å². The Morgan fingerprint density at radius 3 is 2.84 bits per heavy atom. The molecule has 2 rings (SSSR count). The summed E-state index contributed by atoms with van der Waals surface area (Å²) in [5, 5.41) is 2.86. The lowest BCUT2D eigenvalue weighted by atomic mass is 9.94. The SMILES string of the molecule is C[C@H]1OCCC[C@H]1C(=O)Nc1ccc(N(C)C)cn1. The second-order valence-electron chi connectivity index (χ2n) is 5.11. The fourth-order valence-electron chi connectivity index (χ4n) is 2.21. The number of carbonyl (C=O) groups excluding carboxylic acids is 1. The van der Waals surface area contributed by atoms with Crippen LogP contribution in [0.3, 0.4) is 0 Å². The number of hydrogen-bond acceptors (Lipinski definition) is 4. The van der Waals surface area contributed by atoms with Gasteiger partial charge in [-0.25, -0.2) is 4.98 Å². The highest BCUT2D eigenvalue weighted by Gasteiger charge is 2.28. The molecule has 1 fully saturated rings. The van der Waals surface area contributed by atoms with E-state index in [0.29, 0.717) is 5.82 Å². The molecule has 0 aliphatic carbocycles. The van der Waals surface area contributed by atoms with Gasteiger partial charge in [-0.3, -0.25) is 4.79 Å². The Hall–Kier alpha value is -1.62. The van der Waals surface area contributed by atoms with Gasteiger partial charge in [0.25, 0.3) is 0 Å². The molecule has 0 radical (unpaired) electrons. The highest BCUT2D eigenvalue weighted by molar-refractivity contribution is 5.92. The lowest BCUT2D eigenvalue weighted by Crippen LogP contribution is -2.36. The van der Waals surface area contributed by atoms with Crippen molar-refractivity contribution in [1.29, 1.82) is 0 Å². The number of aromatic nitrogens is 1. The van der Waals surface area contributed by atoms with Crippen LogP contribution in [0.15, 0.2) is 18.3 Å². The van der Waals surface area contributed by atoms with Gasteiger partial charge in [0, 0.05) is 20.7 Å². The van der Waals surface area contributed by atoms with E-state index in [9.17, 15) is 4.79 Å². The van der Waals surface area contributed by atoms with Gasteiger partial charge in [-0.2, -0.15) is 0 Å². The molecule has 1 aromatic rings. The van der Waals surface area contributed by atoms with Crippen molar-refractivity contribution in [3.05, 3.63) is 18.3 Å². The van der Waals surface area contributed by atoms with Gasteiger partial charge in [0.1, 0.15) is 5.82 Å². The van der Waals surface area contributed by atoms with Crippen LogP contribution in [0.5, 0.6) is 0 Å². The smallest absolute Gasteiger partial charge is 0.231 e. The van der Waals surface area contributed by atoms with Gasteiger partial charge in [-0.05, 0) is 31.9 Å². The number of hydrogen-bond donors (Lipinski definition) is 1. The van der Waals surface area contributed by atoms with Crippen LogP contribution in [-0.2, 0) is 9.53 Å². The van der Waals surface area contributed by atoms with Crippen molar-refractivity contribution >= 4 is 17.4 Å². The van der Waals surface area contributed by atoms with E-state index in [4.69, 9.17) is 4.74 Å². The summed E-state index contributed by atoms with van der Waals surface area (Å²) in [6, 6.07) is 3.75. The fourth-order valence-corrected chi connectivity index (χ4v) is 2.21. The Balaban J connectivity index is 1.98. The summed E-state index contributed by atoms with van der Waals surface area (Å²) in [6.45, 7) is 2.70. The molecule has 104 valence electrons. The topological polar surface area (TPSA) is 54.5 Å². The van der Waals surface area contributed by atoms with Crippen LogP contribution in [0.2, 0.25) is 0 Å². The monoisotopic (exact) mass is 263 g/mol. The van der Waals surface area contributed by atoms with Crippen LogP contribution in [0.4, 0.5) is 11.5 Å². The molecule has 5 nitrogen and oxygen atoms in total. The quantitative estimate of drug-likeness (QED) is 0.905. The maximum absolute atomic E-state index is 12.2. The summed E-state index contributed by atoms with van der Waals surface area (Å²) in [4.78, 5) is 18.4. The molecule has 0 aromatic carbocycles. The molecular formula is C14H21N3O2. The molecule has 19 heavy (non-hydrogen) atoms. The van der Waals surface area contributed by atoms with Gasteiger partial charge in [0.05, 0.1) is 23.9 Å². The lowest BCUT2D eigenvalue weighted by Gasteiger charge is -2.27. The Labute approximate surface area is 114 Å². The van der Waals surface area contributed by atoms with Crippen molar-refractivity contribution < 1.29 is 9.53 Å². The van der Waals surface area contributed by atoms with Gasteiger partial charge < -0.3 is 15.0 Å². The first-order valence-corrected chi connectivity index (χ1v) is 6.64. The maximum Gasteiger partial charge on any atom is 0.231 e. The molecule has 1 aliphatic heterocycles. The molecular weight excluding hydrogens is 242 g/mol. The first kappa shape index (κ1) is 13.8. The van der Waals surface area contributed by atoms with E-state index < -0.39 is 0 Å². The van der Waals surface area contributed by atoms with Crippen LogP contribution < -0.4 is 10.2 Å². The highest BCUT2D eigenvalue weighted by Crippen LogP contribution is 2.22. The molecule has 2 heterocycles. The third kappa shape index (κ3) is 3.44. The first-order valence-electron chi connectivity index (χ1n) is 6.64. The molecule has 1 saturated heterocycles. The van der Waals surface area contributed by atoms with Crippen molar-refractivity contribution in [1.82, 2.24) is 4.98 Å². The minimum Gasteiger partial charge on any atom is -0.378 e. The summed E-state index contributed by atoms with van der Waals surface area (Å²) in [5.74, 6) is 0.509. The molecule has 1 amide bonds. The number of anilines is 2. The molecule has 1 aromatic heterocycles. The van der Waals surface area contributed by atoms with Crippen LogP contribution in [0.25, 0.3) is 0 Å². The first-order chi connectivity index (χ1) is 9.08. The zero-order valence-electron chi connectivity index (χ0n) is 11.7. The zero-order chi connectivity index (χ0) is 13.8. The Bertz CT molecular complexity index is 431. The average molecular weight is 263 g/mol. The Morgan fingerprint density at radius 1 is 1.47 bits per heavy atom. The van der Waals surface area contributed by atoms with Crippen molar-refractivity contribution in [2.75, 3.05) is 30.9 Å². The van der Waals surface area contributed by atoms with E-state index in [1.54, 1.807) is 6.20 Å². The predicted molar refractivity (Wildman–Crippen MR) is 75.3 cm³/mol. The number of nitrogens with one attached hydrogen (secondary N) is 1. The standard InChI is InChI=1S/C14H21N3O2/c1-10-12(5-4-8-19-10)14(18)16-13-7-6-11(9-15-13)17(2)3/h6-7,9-10,12H,4-5,8H2,1-3H3,(H,15,16,18)/t10-,12-/m1/s1. The van der Waals surface area contributed by atoms with Gasteiger partial charge in [-0.1, -0.05) is 0 Å². The van der Waals surface area contributed by atoms with E-state index in [1.165, 1.54) is 0 Å². The van der Waals surface area contributed by atoms with Crippen molar-refractivity contribution in [2.45, 2.75) is 25.9 Å². The molecule has 5 heteroatoms. The largest absolute Gasteiger partial charge is 0.378 e. The summed E-state index contributed by atoms with van der Waals surface area (Å²) >= 11 is 0. The van der Waals surface area contributed by atoms with E-state index in [2.05, 4.69) is 10.3 Å². The van der Waals surface area contributed by atoms with Crippen molar-refractivity contribution in [2.24, 2.45) is 5.92 Å². The van der Waals surface area contributed by atoms with Gasteiger partial charge in [0.2, 0.25) is 5.91 Å². The molecule has 2 atom stereocenters. The third-order valence-electron chi connectivity index (χ3n) is 3.46. The third-order valence-corrected chi connectivity index (χ3v) is 3.46. The highest BCUT2D eigenvalue weighted by atomic mass is 16.5. The second-order valence-corrected chi connectivity index (χ2v) is 5.11. The molecule has 0 bridgehead atoms. The zero-order valence-corrected chi connectivity index (χ0v) is 11.7. The minimum atomic E-state index is -0.0796. The molecule has 1 N–H and O–H groups in total. The number of rotatable bonds is 3. The van der Waals surface area contributed by atoms with E-state index in [-0.39, 0.29) is 17.9 Å². The summed E-state index contributed by atoms with van der Waals surface area (Å²) < 4.78 is 5.51. The number of amides is 1. The van der Waals surface area contributed by atoms with Gasteiger partial charge in [-0.15, -0.1) is 0 Å². The number of ether oxygens (including phenoxy) is 1. The molecule has 0 spiro atoms. The number of nitrogens with zero attached hydrogens (tertiary/aromatic N) is 2. The Kier molecular flexibility index (Phi) is 4.37. The lowest BCUT2D eigenvalue weighted by molar-refractivity contribution is -0.127. The second kappa shape index (κ2) is 6.02. The maximum atomic E-state index is 12.2. The molecule has 0 saturated carbocycles. The normalized spacial score (nSPS) is 22.9. The van der Waals surface area contributed by atoms with Crippen LogP contribution in [0.1, 0.15) is 19.8 Å². The molecule has 1 aliphatic rings. The predicted octanol–water partition coefficient (Wildman–Crippen LogP) is 1.90. The van der Waals surface area contributed by atoms with Crippen LogP contribution >= 0.6 is 0 Å². The van der Waals surface area contributed by atoms with E-state index in [0.717, 1.165) is 25.1 Å². The molecule has 0 unspecified atom stereocenters. The van der Waals surface area contributed by atoms with Crippen molar-refractivity contribution in [3.63, 3.8) is 0 Å².